The normalized spacial score (nSPS) is 9.31. The third-order valence-corrected chi connectivity index (χ3v) is 1.63. The first kappa shape index (κ1) is 9.38. The highest BCUT2D eigenvalue weighted by Gasteiger charge is 1.99. The number of phenols is 1. The lowest BCUT2D eigenvalue weighted by Gasteiger charge is -2.01. The fourth-order valence-corrected chi connectivity index (χ4v) is 1.02. The van der Waals surface area contributed by atoms with Gasteiger partial charge in [0.1, 0.15) is 5.75 Å². The SMILES string of the molecule is [N-]=[N+]=Nc1cc(CCN)ccc1O. The first-order valence-electron chi connectivity index (χ1n) is 3.85. The van der Waals surface area contributed by atoms with Gasteiger partial charge < -0.3 is 10.8 Å². The molecule has 0 atom stereocenters. The Morgan fingerprint density at radius 2 is 2.31 bits per heavy atom. The molecule has 0 bridgehead atoms. The molecule has 1 aromatic carbocycles. The number of hydrogen-bond donors (Lipinski definition) is 2. The third kappa shape index (κ3) is 2.37. The molecule has 1 aromatic rings. The van der Waals surface area contributed by atoms with Crippen LogP contribution in [0.25, 0.3) is 10.4 Å². The Balaban J connectivity index is 3.03. The van der Waals surface area contributed by atoms with Crippen molar-refractivity contribution in [2.75, 3.05) is 6.54 Å². The van der Waals surface area contributed by atoms with E-state index >= 15 is 0 Å². The minimum absolute atomic E-state index is 0.0152. The Kier molecular flexibility index (Phi) is 3.14. The molecular weight excluding hydrogens is 168 g/mol. The highest BCUT2D eigenvalue weighted by molar-refractivity contribution is 5.52. The number of nitrogens with two attached hydrogens (primary N) is 1. The summed E-state index contributed by atoms with van der Waals surface area (Å²) >= 11 is 0. The number of aromatic hydroxyl groups is 1. The standard InChI is InChI=1S/C8H10N4O/c9-4-3-6-1-2-8(13)7(5-6)11-12-10/h1-2,5,13H,3-4,9H2. The number of rotatable bonds is 3. The van der Waals surface area contributed by atoms with E-state index in [1.54, 1.807) is 12.1 Å². The second kappa shape index (κ2) is 4.35. The summed E-state index contributed by atoms with van der Waals surface area (Å²) < 4.78 is 0. The minimum atomic E-state index is -0.0152. The highest BCUT2D eigenvalue weighted by atomic mass is 16.3. The van der Waals surface area contributed by atoms with Gasteiger partial charge in [0.05, 0.1) is 5.69 Å². The highest BCUT2D eigenvalue weighted by Crippen LogP contribution is 2.27. The molecule has 1 rings (SSSR count). The van der Waals surface area contributed by atoms with Crippen LogP contribution in [0.2, 0.25) is 0 Å². The molecule has 3 N–H and O–H groups in total. The molecule has 13 heavy (non-hydrogen) atoms. The molecule has 0 amide bonds. The summed E-state index contributed by atoms with van der Waals surface area (Å²) in [5.74, 6) is -0.0152. The van der Waals surface area contributed by atoms with E-state index in [1.807, 2.05) is 0 Å². The van der Waals surface area contributed by atoms with Gasteiger partial charge in [-0.1, -0.05) is 11.2 Å². The zero-order valence-corrected chi connectivity index (χ0v) is 7.01. The molecular formula is C8H10N4O. The van der Waals surface area contributed by atoms with Gasteiger partial charge in [0.15, 0.2) is 0 Å². The molecule has 0 radical (unpaired) electrons. The molecule has 0 aliphatic rings. The lowest BCUT2D eigenvalue weighted by molar-refractivity contribution is 0.476. The van der Waals surface area contributed by atoms with E-state index in [-0.39, 0.29) is 11.4 Å². The van der Waals surface area contributed by atoms with E-state index in [9.17, 15) is 5.11 Å². The van der Waals surface area contributed by atoms with Crippen LogP contribution in [-0.4, -0.2) is 11.7 Å². The summed E-state index contributed by atoms with van der Waals surface area (Å²) in [6.07, 6.45) is 0.703. The van der Waals surface area contributed by atoms with Gasteiger partial charge in [-0.15, -0.1) is 0 Å². The molecule has 0 saturated carbocycles. The molecule has 0 aromatic heterocycles. The lowest BCUT2D eigenvalue weighted by Crippen LogP contribution is -2.02. The quantitative estimate of drug-likeness (QED) is 0.419. The Labute approximate surface area is 75.4 Å². The van der Waals surface area contributed by atoms with Crippen LogP contribution in [0, 0.1) is 0 Å². The van der Waals surface area contributed by atoms with Gasteiger partial charge in [-0.05, 0) is 36.2 Å². The lowest BCUT2D eigenvalue weighted by atomic mass is 10.1. The maximum absolute atomic E-state index is 9.24. The van der Waals surface area contributed by atoms with Gasteiger partial charge >= 0.3 is 0 Å². The number of hydrogen-bond acceptors (Lipinski definition) is 3. The van der Waals surface area contributed by atoms with Gasteiger partial charge in [-0.3, -0.25) is 0 Å². The van der Waals surface area contributed by atoms with Crippen molar-refractivity contribution in [1.82, 2.24) is 0 Å². The summed E-state index contributed by atoms with van der Waals surface area (Å²) in [7, 11) is 0. The zero-order valence-electron chi connectivity index (χ0n) is 7.01. The smallest absolute Gasteiger partial charge is 0.125 e. The maximum Gasteiger partial charge on any atom is 0.125 e. The van der Waals surface area contributed by atoms with Crippen molar-refractivity contribution in [3.8, 4) is 5.75 Å². The molecule has 0 heterocycles. The predicted octanol–water partition coefficient (Wildman–Crippen LogP) is 1.84. The van der Waals surface area contributed by atoms with Crippen LogP contribution in [0.3, 0.4) is 0 Å². The summed E-state index contributed by atoms with van der Waals surface area (Å²) in [6, 6.07) is 4.87. The van der Waals surface area contributed by atoms with Gasteiger partial charge in [0.25, 0.3) is 0 Å². The summed E-state index contributed by atoms with van der Waals surface area (Å²) in [6.45, 7) is 0.528. The number of phenolic OH excluding ortho intramolecular Hbond substituents is 1. The van der Waals surface area contributed by atoms with E-state index in [1.165, 1.54) is 6.07 Å². The number of benzene rings is 1. The number of azide groups is 1. The van der Waals surface area contributed by atoms with Crippen LogP contribution in [0.4, 0.5) is 5.69 Å². The second-order valence-corrected chi connectivity index (χ2v) is 2.55. The van der Waals surface area contributed by atoms with Crippen molar-refractivity contribution >= 4 is 5.69 Å². The predicted molar refractivity (Wildman–Crippen MR) is 49.7 cm³/mol. The van der Waals surface area contributed by atoms with Crippen LogP contribution >= 0.6 is 0 Å². The molecule has 5 nitrogen and oxygen atoms in total. The van der Waals surface area contributed by atoms with Crippen molar-refractivity contribution in [2.24, 2.45) is 10.8 Å². The monoisotopic (exact) mass is 178 g/mol. The average molecular weight is 178 g/mol. The van der Waals surface area contributed by atoms with E-state index in [0.717, 1.165) is 5.56 Å². The zero-order chi connectivity index (χ0) is 9.68. The molecule has 0 aliphatic heterocycles. The summed E-state index contributed by atoms with van der Waals surface area (Å²) in [5, 5.41) is 12.6. The molecule has 0 spiro atoms. The van der Waals surface area contributed by atoms with Crippen LogP contribution in [0.15, 0.2) is 23.3 Å². The van der Waals surface area contributed by atoms with Gasteiger partial charge in [0.2, 0.25) is 0 Å². The van der Waals surface area contributed by atoms with Crippen LogP contribution in [0.5, 0.6) is 5.75 Å². The first-order valence-corrected chi connectivity index (χ1v) is 3.85. The Hall–Kier alpha value is -1.71. The van der Waals surface area contributed by atoms with Crippen molar-refractivity contribution in [2.45, 2.75) is 6.42 Å². The van der Waals surface area contributed by atoms with E-state index in [2.05, 4.69) is 10.0 Å². The topological polar surface area (TPSA) is 95.0 Å². The van der Waals surface area contributed by atoms with Gasteiger partial charge in [0, 0.05) is 4.91 Å². The summed E-state index contributed by atoms with van der Waals surface area (Å²) in [4.78, 5) is 2.60. The summed E-state index contributed by atoms with van der Waals surface area (Å²) in [5.41, 5.74) is 14.7. The van der Waals surface area contributed by atoms with Crippen LogP contribution in [0.1, 0.15) is 5.56 Å². The minimum Gasteiger partial charge on any atom is -0.507 e. The van der Waals surface area contributed by atoms with Gasteiger partial charge in [-0.25, -0.2) is 0 Å². The van der Waals surface area contributed by atoms with E-state index in [0.29, 0.717) is 13.0 Å². The first-order chi connectivity index (χ1) is 6.27. The van der Waals surface area contributed by atoms with Crippen LogP contribution < -0.4 is 5.73 Å². The molecule has 0 fully saturated rings. The Bertz CT molecular complexity index is 344. The Morgan fingerprint density at radius 1 is 1.54 bits per heavy atom. The van der Waals surface area contributed by atoms with Gasteiger partial charge in [-0.2, -0.15) is 0 Å². The van der Waals surface area contributed by atoms with E-state index in [4.69, 9.17) is 11.3 Å². The molecule has 68 valence electrons. The van der Waals surface area contributed by atoms with Crippen molar-refractivity contribution in [3.63, 3.8) is 0 Å². The molecule has 0 saturated heterocycles. The third-order valence-electron chi connectivity index (χ3n) is 1.63. The maximum atomic E-state index is 9.24. The fourth-order valence-electron chi connectivity index (χ4n) is 1.02. The molecule has 0 unspecified atom stereocenters. The average Bonchev–Trinajstić information content (AvgIpc) is 2.12. The van der Waals surface area contributed by atoms with Crippen molar-refractivity contribution in [1.29, 1.82) is 0 Å². The largest absolute Gasteiger partial charge is 0.507 e. The van der Waals surface area contributed by atoms with Crippen molar-refractivity contribution < 1.29 is 5.11 Å². The molecule has 5 heteroatoms. The second-order valence-electron chi connectivity index (χ2n) is 2.55. The van der Waals surface area contributed by atoms with E-state index < -0.39 is 0 Å². The Morgan fingerprint density at radius 3 is 2.92 bits per heavy atom. The van der Waals surface area contributed by atoms with Crippen LogP contribution in [-0.2, 0) is 6.42 Å². The number of nitrogens with zero attached hydrogens (tertiary/aromatic N) is 3. The fraction of sp³-hybridized carbons (Fsp3) is 0.250. The molecule has 0 aliphatic carbocycles. The van der Waals surface area contributed by atoms with Crippen molar-refractivity contribution in [3.05, 3.63) is 34.2 Å².